The van der Waals surface area contributed by atoms with Crippen LogP contribution < -0.4 is 0 Å². The molecule has 0 aliphatic carbocycles. The Labute approximate surface area is 211 Å². The van der Waals surface area contributed by atoms with E-state index >= 15 is 0 Å². The van der Waals surface area contributed by atoms with Crippen molar-refractivity contribution >= 4 is 33.0 Å². The van der Waals surface area contributed by atoms with Crippen LogP contribution in [-0.2, 0) is 14.0 Å². The van der Waals surface area contributed by atoms with Crippen molar-refractivity contribution in [3.8, 4) is 0 Å². The fourth-order valence-corrected chi connectivity index (χ4v) is 27.7. The molecule has 0 aromatic heterocycles. The summed E-state index contributed by atoms with van der Waals surface area (Å²) in [5.41, 5.74) is 1.57. The van der Waals surface area contributed by atoms with E-state index in [0.29, 0.717) is 16.6 Å². The van der Waals surface area contributed by atoms with Gasteiger partial charge in [0, 0.05) is 0 Å². The summed E-state index contributed by atoms with van der Waals surface area (Å²) >= 11 is -2.57. The third kappa shape index (κ3) is 8.18. The minimum absolute atomic E-state index is 0.00692. The van der Waals surface area contributed by atoms with Crippen molar-refractivity contribution < 1.29 is 14.0 Å². The monoisotopic (exact) mass is 588 g/mol. The van der Waals surface area contributed by atoms with Crippen LogP contribution in [0, 0.1) is 0 Å². The van der Waals surface area contributed by atoms with E-state index in [1.54, 1.807) is 3.59 Å². The summed E-state index contributed by atoms with van der Waals surface area (Å²) < 4.78 is 19.0. The molecule has 5 heteroatoms. The van der Waals surface area contributed by atoms with Crippen LogP contribution in [0.3, 0.4) is 0 Å². The molecule has 0 radical (unpaired) electrons. The summed E-state index contributed by atoms with van der Waals surface area (Å²) in [4.78, 5) is 11.6. The normalized spacial score (nSPS) is 20.0. The molecule has 0 saturated carbocycles. The fourth-order valence-electron chi connectivity index (χ4n) is 6.35. The molecule has 1 saturated heterocycles. The molecule has 0 spiro atoms. The predicted octanol–water partition coefficient (Wildman–Crippen LogP) is 8.85. The number of rotatable bonds is 19. The van der Waals surface area contributed by atoms with Crippen LogP contribution in [0.2, 0.25) is 29.9 Å². The summed E-state index contributed by atoms with van der Waals surface area (Å²) in [7, 11) is -2.07. The third-order valence-electron chi connectivity index (χ3n) is 8.35. The summed E-state index contributed by atoms with van der Waals surface area (Å²) in [5.74, 6) is 0. The van der Waals surface area contributed by atoms with E-state index in [9.17, 15) is 4.79 Å². The van der Waals surface area contributed by atoms with Crippen LogP contribution in [0.25, 0.3) is 0 Å². The number of ether oxygens (including phenoxy) is 1. The van der Waals surface area contributed by atoms with Crippen LogP contribution in [0.4, 0.5) is 0 Å². The average Bonchev–Trinajstić information content (AvgIpc) is 3.55. The van der Waals surface area contributed by atoms with Gasteiger partial charge in [0.25, 0.3) is 0 Å². The van der Waals surface area contributed by atoms with E-state index in [1.807, 2.05) is 0 Å². The Morgan fingerprint density at radius 1 is 0.909 bits per heavy atom. The van der Waals surface area contributed by atoms with Gasteiger partial charge in [0.05, 0.1) is 0 Å². The van der Waals surface area contributed by atoms with Crippen LogP contribution >= 0.6 is 0 Å². The van der Waals surface area contributed by atoms with E-state index in [4.69, 9.17) is 15.7 Å². The Kier molecular flexibility index (Phi) is 14.1. The van der Waals surface area contributed by atoms with Crippen molar-refractivity contribution in [1.82, 2.24) is 0 Å². The van der Waals surface area contributed by atoms with Crippen molar-refractivity contribution in [1.29, 1.82) is 0 Å². The molecule has 0 N–H and O–H groups in total. The first-order chi connectivity index (χ1) is 15.6. The molecule has 0 bridgehead atoms. The van der Waals surface area contributed by atoms with Gasteiger partial charge in [0.2, 0.25) is 0 Å². The zero-order chi connectivity index (χ0) is 25.2. The first-order valence-corrected chi connectivity index (χ1v) is 23.6. The molecule has 194 valence electrons. The minimum atomic E-state index is -2.57. The predicted molar refractivity (Wildman–Crippen MR) is 149 cm³/mol. The quantitative estimate of drug-likeness (QED) is 0.0861. The Bertz CT molecular complexity index is 546. The van der Waals surface area contributed by atoms with Gasteiger partial charge < -0.3 is 0 Å². The van der Waals surface area contributed by atoms with Gasteiger partial charge in [-0.1, -0.05) is 0 Å². The molecule has 3 atom stereocenters. The van der Waals surface area contributed by atoms with E-state index in [-0.39, 0.29) is 18.3 Å². The molecule has 1 aliphatic rings. The first-order valence-electron chi connectivity index (χ1n) is 14.0. The first kappa shape index (κ1) is 31.4. The number of carbonyl (C=O) groups is 1. The Balaban J connectivity index is 3.30. The number of hydrogen-bond donors (Lipinski definition) is 0. The molecule has 0 unspecified atom stereocenters. The van der Waals surface area contributed by atoms with Crippen molar-refractivity contribution in [3.05, 3.63) is 10.2 Å². The zero-order valence-electron chi connectivity index (χ0n) is 23.5. The molecular weight excluding hydrogens is 531 g/mol. The Morgan fingerprint density at radius 2 is 1.33 bits per heavy atom. The van der Waals surface area contributed by atoms with Gasteiger partial charge in [-0.3, -0.25) is 0 Å². The number of epoxide rings is 1. The molecule has 0 aromatic carbocycles. The van der Waals surface area contributed by atoms with Crippen molar-refractivity contribution in [2.24, 2.45) is 0 Å². The molecular formula is C28H56O3SiSn. The summed E-state index contributed by atoms with van der Waals surface area (Å²) in [6.07, 6.45) is 9.37. The molecule has 0 aromatic rings. The molecule has 3 nitrogen and oxygen atoms in total. The van der Waals surface area contributed by atoms with E-state index < -0.39 is 26.7 Å². The van der Waals surface area contributed by atoms with Crippen LogP contribution in [-0.4, -0.2) is 51.3 Å². The van der Waals surface area contributed by atoms with Gasteiger partial charge in [0.1, 0.15) is 0 Å². The number of aldehydes is 1. The SMILES string of the molecule is C=[C](C[C@@H](O[Si](C(C)C)(C(C)C)C(C)C)[C@H]1O[C@@H]1C=O)[Sn]([CH2]CCC)([CH2]CCC)[CH2]CCC. The van der Waals surface area contributed by atoms with Gasteiger partial charge in [-0.25, -0.2) is 0 Å². The van der Waals surface area contributed by atoms with Crippen LogP contribution in [0.5, 0.6) is 0 Å². The topological polar surface area (TPSA) is 38.8 Å². The van der Waals surface area contributed by atoms with E-state index in [0.717, 1.165) is 12.7 Å². The Morgan fingerprint density at radius 3 is 1.64 bits per heavy atom. The second-order valence-electron chi connectivity index (χ2n) is 11.6. The maximum atomic E-state index is 11.6. The molecule has 1 fully saturated rings. The van der Waals surface area contributed by atoms with Crippen molar-refractivity contribution in [2.75, 3.05) is 0 Å². The molecule has 0 amide bonds. The zero-order valence-corrected chi connectivity index (χ0v) is 27.4. The standard InChI is InChI=1S/C16H29O3Si.3C4H9.Sn/c1-8-9-14(16-15(10-17)18-16)19-20(11(2)3,12(4)5)13(6)7;3*1-3-4-2;/h10-16H,1,9H2,2-7H3;3*1,3-4H2,2H3;/t14-,15-,16-;;;;/m1..../s1. The second-order valence-corrected chi connectivity index (χ2v) is 30.6. The molecule has 33 heavy (non-hydrogen) atoms. The summed E-state index contributed by atoms with van der Waals surface area (Å²) in [6.45, 7) is 25.9. The molecule has 1 aliphatic heterocycles. The molecule has 1 heterocycles. The van der Waals surface area contributed by atoms with E-state index in [2.05, 4.69) is 62.3 Å². The van der Waals surface area contributed by atoms with E-state index in [1.165, 1.54) is 51.8 Å². The second kappa shape index (κ2) is 14.8. The Hall–Kier alpha value is 0.346. The van der Waals surface area contributed by atoms with Gasteiger partial charge in [-0.15, -0.1) is 0 Å². The maximum absolute atomic E-state index is 11.6. The van der Waals surface area contributed by atoms with Gasteiger partial charge >= 0.3 is 213 Å². The third-order valence-corrected chi connectivity index (χ3v) is 30.6. The van der Waals surface area contributed by atoms with Gasteiger partial charge in [-0.05, 0) is 0 Å². The van der Waals surface area contributed by atoms with Crippen LogP contribution in [0.15, 0.2) is 10.2 Å². The average molecular weight is 588 g/mol. The summed E-state index contributed by atoms with van der Waals surface area (Å²) in [5, 5.41) is 0. The number of hydrogen-bond acceptors (Lipinski definition) is 3. The van der Waals surface area contributed by atoms with Crippen molar-refractivity contribution in [2.45, 2.75) is 156 Å². The van der Waals surface area contributed by atoms with Gasteiger partial charge in [-0.2, -0.15) is 0 Å². The summed E-state index contributed by atoms with van der Waals surface area (Å²) in [6, 6.07) is 0. The van der Waals surface area contributed by atoms with Crippen molar-refractivity contribution in [3.63, 3.8) is 0 Å². The molecule has 1 rings (SSSR count). The van der Waals surface area contributed by atoms with Gasteiger partial charge in [0.15, 0.2) is 0 Å². The number of unbranched alkanes of at least 4 members (excludes halogenated alkanes) is 3. The fraction of sp³-hybridized carbons (Fsp3) is 0.893. The number of carbonyl (C=O) groups excluding carboxylic acids is 1. The van der Waals surface area contributed by atoms with Crippen LogP contribution in [0.1, 0.15) is 107 Å².